The number of unbranched alkanes of at least 4 members (excludes halogenated alkanes) is 3. The largest absolute Gasteiger partial charge is 0.497 e. The first-order chi connectivity index (χ1) is 9.91. The number of hydrogen-bond donors (Lipinski definition) is 1. The maximum Gasteiger partial charge on any atom is 0.497 e. The zero-order chi connectivity index (χ0) is 15.9. The minimum Gasteiger partial charge on any atom is -0.390 e. The highest BCUT2D eigenvalue weighted by atomic mass is 28.4. The molecule has 0 radical (unpaired) electrons. The Labute approximate surface area is 124 Å². The second kappa shape index (κ2) is 8.53. The van der Waals surface area contributed by atoms with E-state index >= 15 is 0 Å². The van der Waals surface area contributed by atoms with Crippen LogP contribution < -0.4 is 0 Å². The maximum absolute atomic E-state index is 13.4. The maximum atomic E-state index is 13.4. The van der Waals surface area contributed by atoms with Gasteiger partial charge in [0.05, 0.1) is 0 Å². The Morgan fingerprint density at radius 1 is 0.905 bits per heavy atom. The molecule has 1 rings (SSSR count). The zero-order valence-electron chi connectivity index (χ0n) is 12.3. The third kappa shape index (κ3) is 5.78. The Bertz CT molecular complexity index is 453. The topological polar surface area (TPSA) is 38.7 Å². The molecule has 0 spiro atoms. The first kappa shape index (κ1) is 18.2. The van der Waals surface area contributed by atoms with Gasteiger partial charge in [-0.05, 0) is 30.9 Å². The summed E-state index contributed by atoms with van der Waals surface area (Å²) in [7, 11) is -0.159. The number of rotatable bonds is 9. The fourth-order valence-corrected chi connectivity index (χ4v) is 3.33. The number of benzene rings is 1. The molecule has 1 aromatic carbocycles. The lowest BCUT2D eigenvalue weighted by atomic mass is 10.1. The van der Waals surface area contributed by atoms with Crippen molar-refractivity contribution < 1.29 is 26.8 Å². The Morgan fingerprint density at radius 2 is 1.48 bits per heavy atom. The molecular formula is C14H21F3O3Si. The summed E-state index contributed by atoms with van der Waals surface area (Å²) in [6.07, 6.45) is 3.40. The van der Waals surface area contributed by atoms with Crippen molar-refractivity contribution in [1.82, 2.24) is 0 Å². The van der Waals surface area contributed by atoms with Crippen molar-refractivity contribution in [2.75, 3.05) is 14.2 Å². The molecule has 0 saturated heterocycles. The Kier molecular flexibility index (Phi) is 7.37. The van der Waals surface area contributed by atoms with Crippen LogP contribution in [-0.2, 0) is 15.3 Å². The Hall–Kier alpha value is -0.893. The highest BCUT2D eigenvalue weighted by molar-refractivity contribution is 6.59. The third-order valence-electron chi connectivity index (χ3n) is 3.42. The van der Waals surface area contributed by atoms with E-state index in [4.69, 9.17) is 8.85 Å². The van der Waals surface area contributed by atoms with Crippen molar-refractivity contribution in [3.05, 3.63) is 35.1 Å². The zero-order valence-corrected chi connectivity index (χ0v) is 13.3. The van der Waals surface area contributed by atoms with Gasteiger partial charge in [0.2, 0.25) is 0 Å². The molecule has 120 valence electrons. The average molecular weight is 322 g/mol. The lowest BCUT2D eigenvalue weighted by Crippen LogP contribution is -2.39. The van der Waals surface area contributed by atoms with Crippen molar-refractivity contribution >= 4 is 8.80 Å². The second-order valence-electron chi connectivity index (χ2n) is 4.89. The fourth-order valence-electron chi connectivity index (χ4n) is 2.06. The lowest BCUT2D eigenvalue weighted by Gasteiger charge is -2.19. The smallest absolute Gasteiger partial charge is 0.390 e. The third-order valence-corrected chi connectivity index (χ3v) is 5.68. The first-order valence-corrected chi connectivity index (χ1v) is 8.85. The number of aryl methyl sites for hydroxylation is 1. The molecule has 0 aromatic heterocycles. The summed E-state index contributed by atoms with van der Waals surface area (Å²) in [5.41, 5.74) is 0.188. The standard InChI is InChI=1S/C14H21F3O3Si/c1-19-21(18,20-2)8-6-4-3-5-7-11-9-13(16)14(17)10-12(11)15/h9-10,18H,3-8H2,1-2H3. The van der Waals surface area contributed by atoms with Gasteiger partial charge in [-0.3, -0.25) is 0 Å². The summed E-state index contributed by atoms with van der Waals surface area (Å²) < 4.78 is 49.1. The molecule has 0 amide bonds. The Balaban J connectivity index is 2.28. The summed E-state index contributed by atoms with van der Waals surface area (Å²) in [5, 5.41) is 0. The Morgan fingerprint density at radius 3 is 2.10 bits per heavy atom. The van der Waals surface area contributed by atoms with Crippen LogP contribution in [0.5, 0.6) is 0 Å². The van der Waals surface area contributed by atoms with Crippen molar-refractivity contribution in [1.29, 1.82) is 0 Å². The van der Waals surface area contributed by atoms with Crippen LogP contribution >= 0.6 is 0 Å². The SMILES string of the molecule is CO[Si](O)(CCCCCCc1cc(F)c(F)cc1F)OC. The van der Waals surface area contributed by atoms with Crippen LogP contribution in [0, 0.1) is 17.5 Å². The van der Waals surface area contributed by atoms with Crippen molar-refractivity contribution in [2.45, 2.75) is 38.1 Å². The number of hydrogen-bond acceptors (Lipinski definition) is 3. The predicted octanol–water partition coefficient (Wildman–Crippen LogP) is 3.43. The van der Waals surface area contributed by atoms with Gasteiger partial charge in [-0.15, -0.1) is 0 Å². The molecule has 0 unspecified atom stereocenters. The molecular weight excluding hydrogens is 301 g/mol. The van der Waals surface area contributed by atoms with Gasteiger partial charge >= 0.3 is 8.80 Å². The van der Waals surface area contributed by atoms with E-state index in [-0.39, 0.29) is 5.56 Å². The predicted molar refractivity (Wildman–Crippen MR) is 75.3 cm³/mol. The molecule has 7 heteroatoms. The minimum atomic E-state index is -3.00. The highest BCUT2D eigenvalue weighted by Gasteiger charge is 2.33. The molecule has 0 fully saturated rings. The van der Waals surface area contributed by atoms with Crippen LogP contribution in [0.3, 0.4) is 0 Å². The van der Waals surface area contributed by atoms with Gasteiger partial charge in [0.25, 0.3) is 0 Å². The quantitative estimate of drug-likeness (QED) is 0.430. The summed E-state index contributed by atoms with van der Waals surface area (Å²) in [5.74, 6) is -2.91. The summed E-state index contributed by atoms with van der Waals surface area (Å²) >= 11 is 0. The molecule has 0 bridgehead atoms. The fraction of sp³-hybridized carbons (Fsp3) is 0.571. The van der Waals surface area contributed by atoms with Crippen LogP contribution in [0.2, 0.25) is 6.04 Å². The van der Waals surface area contributed by atoms with Gasteiger partial charge in [-0.25, -0.2) is 13.2 Å². The second-order valence-corrected chi connectivity index (χ2v) is 7.63. The number of halogens is 3. The van der Waals surface area contributed by atoms with Crippen molar-refractivity contribution in [3.8, 4) is 0 Å². The van der Waals surface area contributed by atoms with E-state index in [0.29, 0.717) is 25.0 Å². The normalized spacial score (nSPS) is 11.9. The van der Waals surface area contributed by atoms with Crippen LogP contribution in [0.25, 0.3) is 0 Å². The van der Waals surface area contributed by atoms with E-state index in [2.05, 4.69) is 0 Å². The monoisotopic (exact) mass is 322 g/mol. The van der Waals surface area contributed by atoms with Gasteiger partial charge < -0.3 is 13.6 Å². The molecule has 3 nitrogen and oxygen atoms in total. The highest BCUT2D eigenvalue weighted by Crippen LogP contribution is 2.18. The molecule has 0 aliphatic heterocycles. The van der Waals surface area contributed by atoms with Gasteiger partial charge in [0.15, 0.2) is 11.6 Å². The van der Waals surface area contributed by atoms with Gasteiger partial charge in [0, 0.05) is 26.3 Å². The van der Waals surface area contributed by atoms with E-state index < -0.39 is 26.3 Å². The molecule has 21 heavy (non-hydrogen) atoms. The molecule has 1 N–H and O–H groups in total. The van der Waals surface area contributed by atoms with Gasteiger partial charge in [-0.1, -0.05) is 12.8 Å². The summed E-state index contributed by atoms with van der Waals surface area (Å²) in [4.78, 5) is 9.82. The molecule has 0 aliphatic carbocycles. The van der Waals surface area contributed by atoms with E-state index in [1.54, 1.807) is 0 Å². The van der Waals surface area contributed by atoms with Gasteiger partial charge in [0.1, 0.15) is 5.82 Å². The van der Waals surface area contributed by atoms with E-state index in [0.717, 1.165) is 25.3 Å². The lowest BCUT2D eigenvalue weighted by molar-refractivity contribution is 0.150. The summed E-state index contributed by atoms with van der Waals surface area (Å²) in [6, 6.07) is 1.96. The molecule has 0 atom stereocenters. The molecule has 1 aromatic rings. The van der Waals surface area contributed by atoms with E-state index in [9.17, 15) is 18.0 Å². The average Bonchev–Trinajstić information content (AvgIpc) is 2.47. The molecule has 0 aliphatic rings. The molecule has 0 heterocycles. The van der Waals surface area contributed by atoms with E-state index in [1.807, 2.05) is 0 Å². The van der Waals surface area contributed by atoms with E-state index in [1.165, 1.54) is 14.2 Å². The minimum absolute atomic E-state index is 0.188. The summed E-state index contributed by atoms with van der Waals surface area (Å²) in [6.45, 7) is 0. The van der Waals surface area contributed by atoms with Crippen LogP contribution in [0.1, 0.15) is 31.2 Å². The molecule has 0 saturated carbocycles. The van der Waals surface area contributed by atoms with Crippen LogP contribution in [0.15, 0.2) is 12.1 Å². The van der Waals surface area contributed by atoms with Crippen molar-refractivity contribution in [3.63, 3.8) is 0 Å². The first-order valence-electron chi connectivity index (χ1n) is 6.88. The van der Waals surface area contributed by atoms with Crippen LogP contribution in [-0.4, -0.2) is 27.8 Å². The van der Waals surface area contributed by atoms with Gasteiger partial charge in [-0.2, -0.15) is 0 Å². The van der Waals surface area contributed by atoms with Crippen LogP contribution in [0.4, 0.5) is 13.2 Å². The van der Waals surface area contributed by atoms with Crippen molar-refractivity contribution in [2.24, 2.45) is 0 Å².